The third-order valence-corrected chi connectivity index (χ3v) is 6.65. The Morgan fingerprint density at radius 2 is 1.95 bits per heavy atom. The summed E-state index contributed by atoms with van der Waals surface area (Å²) in [5.41, 5.74) is -2.17. The van der Waals surface area contributed by atoms with E-state index < -0.39 is 28.5 Å². The Morgan fingerprint density at radius 3 is 2.58 bits per heavy atom. The lowest BCUT2D eigenvalue weighted by Gasteiger charge is -2.44. The second-order valence-electron chi connectivity index (χ2n) is 10.1. The summed E-state index contributed by atoms with van der Waals surface area (Å²) in [4.78, 5) is 24.7. The fraction of sp³-hybridized carbons (Fsp3) is 0.370. The van der Waals surface area contributed by atoms with Gasteiger partial charge < -0.3 is 24.7 Å². The van der Waals surface area contributed by atoms with Gasteiger partial charge in [0, 0.05) is 36.1 Å². The van der Waals surface area contributed by atoms with Crippen LogP contribution in [0, 0.1) is 11.6 Å². The first-order chi connectivity index (χ1) is 17.8. The summed E-state index contributed by atoms with van der Waals surface area (Å²) in [5.74, 6) is -2.21. The minimum absolute atomic E-state index is 0.147. The molecule has 2 atom stereocenters. The van der Waals surface area contributed by atoms with Crippen LogP contribution < -0.4 is 9.64 Å². The molecule has 1 saturated heterocycles. The fourth-order valence-electron chi connectivity index (χ4n) is 4.52. The van der Waals surface area contributed by atoms with Crippen LogP contribution in [0.3, 0.4) is 0 Å². The number of phenols is 1. The van der Waals surface area contributed by atoms with Crippen molar-refractivity contribution >= 4 is 34.2 Å². The lowest BCUT2D eigenvalue weighted by molar-refractivity contribution is -0.128. The minimum Gasteiger partial charge on any atom is -0.507 e. The quantitative estimate of drug-likeness (QED) is 0.433. The zero-order chi connectivity index (χ0) is 27.9. The molecule has 0 aliphatic carbocycles. The third kappa shape index (κ3) is 5.23. The molecule has 1 amide bonds. The molecule has 202 valence electrons. The molecule has 1 aliphatic heterocycles. The number of rotatable bonds is 6. The molecule has 11 heteroatoms. The van der Waals surface area contributed by atoms with E-state index in [9.17, 15) is 19.4 Å². The van der Waals surface area contributed by atoms with Crippen LogP contribution in [0.2, 0.25) is 5.02 Å². The van der Waals surface area contributed by atoms with E-state index in [1.165, 1.54) is 38.1 Å². The summed E-state index contributed by atoms with van der Waals surface area (Å²) in [6, 6.07) is 4.37. The molecule has 2 aromatic carbocycles. The molecule has 8 nitrogen and oxygen atoms in total. The van der Waals surface area contributed by atoms with Crippen molar-refractivity contribution in [1.82, 2.24) is 14.9 Å². The molecule has 0 radical (unpaired) electrons. The van der Waals surface area contributed by atoms with Crippen molar-refractivity contribution in [2.75, 3.05) is 24.6 Å². The van der Waals surface area contributed by atoms with Gasteiger partial charge in [0.15, 0.2) is 5.82 Å². The Morgan fingerprint density at radius 1 is 1.24 bits per heavy atom. The van der Waals surface area contributed by atoms with Gasteiger partial charge in [-0.15, -0.1) is 0 Å². The smallest absolute Gasteiger partial charge is 0.319 e. The van der Waals surface area contributed by atoms with E-state index in [4.69, 9.17) is 16.3 Å². The van der Waals surface area contributed by atoms with Gasteiger partial charge >= 0.3 is 6.01 Å². The van der Waals surface area contributed by atoms with E-state index in [0.29, 0.717) is 18.9 Å². The number of carbonyl (C=O) groups excluding carboxylic acids is 1. The monoisotopic (exact) mass is 546 g/mol. The molecule has 3 aromatic rings. The number of aromatic hydroxyl groups is 1. The molecule has 1 fully saturated rings. The van der Waals surface area contributed by atoms with Crippen LogP contribution in [0.25, 0.3) is 22.0 Å². The lowest BCUT2D eigenvalue weighted by atomic mass is 10.0. The number of nitrogens with zero attached hydrogens (tertiary/aromatic N) is 4. The van der Waals surface area contributed by atoms with E-state index in [2.05, 4.69) is 16.5 Å². The largest absolute Gasteiger partial charge is 0.507 e. The lowest BCUT2D eigenvalue weighted by Crippen LogP contribution is -2.58. The highest BCUT2D eigenvalue weighted by Gasteiger charge is 2.34. The molecule has 0 spiro atoms. The Hall–Kier alpha value is -3.50. The van der Waals surface area contributed by atoms with Crippen molar-refractivity contribution in [3.8, 4) is 22.9 Å². The number of hydrogen-bond donors (Lipinski definition) is 2. The summed E-state index contributed by atoms with van der Waals surface area (Å²) in [6.45, 7) is 10.9. The van der Waals surface area contributed by atoms with Gasteiger partial charge in [-0.2, -0.15) is 9.97 Å². The first-order valence-electron chi connectivity index (χ1n) is 12.0. The molecular formula is C27H29ClF2N4O4. The number of fused-ring (bicyclic) bond motifs is 1. The Kier molecular flexibility index (Phi) is 7.49. The van der Waals surface area contributed by atoms with Gasteiger partial charge in [0.1, 0.15) is 29.5 Å². The Bertz CT molecular complexity index is 1390. The molecule has 2 heterocycles. The maximum atomic E-state index is 16.1. The summed E-state index contributed by atoms with van der Waals surface area (Å²) in [5, 5.41) is 20.5. The first-order valence-corrected chi connectivity index (χ1v) is 12.4. The summed E-state index contributed by atoms with van der Waals surface area (Å²) in [7, 11) is 0. The van der Waals surface area contributed by atoms with Crippen molar-refractivity contribution in [1.29, 1.82) is 0 Å². The van der Waals surface area contributed by atoms with Gasteiger partial charge in [0.2, 0.25) is 5.91 Å². The average Bonchev–Trinajstić information content (AvgIpc) is 2.84. The van der Waals surface area contributed by atoms with Gasteiger partial charge in [0.05, 0.1) is 16.2 Å². The van der Waals surface area contributed by atoms with E-state index in [0.717, 1.165) is 6.07 Å². The van der Waals surface area contributed by atoms with Gasteiger partial charge in [-0.3, -0.25) is 4.79 Å². The number of benzene rings is 2. The molecule has 0 unspecified atom stereocenters. The van der Waals surface area contributed by atoms with Crippen molar-refractivity contribution in [3.63, 3.8) is 0 Å². The second kappa shape index (κ2) is 10.3. The van der Waals surface area contributed by atoms with Crippen LogP contribution in [0.5, 0.6) is 11.8 Å². The highest BCUT2D eigenvalue weighted by Crippen LogP contribution is 2.43. The van der Waals surface area contributed by atoms with Crippen LogP contribution in [0.15, 0.2) is 36.9 Å². The highest BCUT2D eigenvalue weighted by molar-refractivity contribution is 6.34. The number of carbonyl (C=O) groups is 1. The molecule has 4 rings (SSSR count). The van der Waals surface area contributed by atoms with Gasteiger partial charge in [-0.1, -0.05) is 24.2 Å². The second-order valence-corrected chi connectivity index (χ2v) is 10.5. The van der Waals surface area contributed by atoms with Crippen molar-refractivity contribution in [3.05, 3.63) is 53.6 Å². The SMILES string of the molecule is C=CC(=O)N1C[C@H](C)N(c2nc(OCC(C)(C)O)nc3c(F)c(-c4c(O)cccc4F)c(Cl)cc23)C[C@H]1C. The number of anilines is 1. The maximum Gasteiger partial charge on any atom is 0.319 e. The van der Waals surface area contributed by atoms with Crippen LogP contribution in [-0.2, 0) is 4.79 Å². The normalized spacial score (nSPS) is 18.1. The molecule has 2 N–H and O–H groups in total. The number of aromatic nitrogens is 2. The van der Waals surface area contributed by atoms with Gasteiger partial charge in [-0.05, 0) is 52.0 Å². The number of aliphatic hydroxyl groups is 1. The zero-order valence-electron chi connectivity index (χ0n) is 21.5. The molecule has 38 heavy (non-hydrogen) atoms. The Balaban J connectivity index is 1.92. The fourth-order valence-corrected chi connectivity index (χ4v) is 4.81. The topological polar surface area (TPSA) is 99.0 Å². The average molecular weight is 547 g/mol. The van der Waals surface area contributed by atoms with Crippen molar-refractivity contribution < 1.29 is 28.5 Å². The van der Waals surface area contributed by atoms with Crippen LogP contribution in [0.4, 0.5) is 14.6 Å². The van der Waals surface area contributed by atoms with Gasteiger partial charge in [0.25, 0.3) is 0 Å². The molecule has 0 saturated carbocycles. The van der Waals surface area contributed by atoms with Crippen LogP contribution in [-0.4, -0.2) is 68.4 Å². The third-order valence-electron chi connectivity index (χ3n) is 6.35. The predicted octanol–water partition coefficient (Wildman–Crippen LogP) is 4.70. The molecular weight excluding hydrogens is 518 g/mol. The van der Waals surface area contributed by atoms with Crippen LogP contribution in [0.1, 0.15) is 27.7 Å². The minimum atomic E-state index is -1.22. The molecule has 1 aromatic heterocycles. The standard InChI is InChI=1S/C27H29ClF2N4O4/c1-6-20(36)33-11-15(3)34(12-14(33)2)25-16-10-17(28)21(22-18(29)8-7-9-19(22)35)23(30)24(16)31-26(32-25)38-13-27(4,5)37/h6-10,14-15,35,37H,1,11-13H2,2-5H3/t14-,15+/m1/s1. The summed E-state index contributed by atoms with van der Waals surface area (Å²) < 4.78 is 36.5. The number of amides is 1. The van der Waals surface area contributed by atoms with E-state index in [1.54, 1.807) is 4.90 Å². The van der Waals surface area contributed by atoms with Gasteiger partial charge in [-0.25, -0.2) is 8.78 Å². The van der Waals surface area contributed by atoms with Crippen molar-refractivity contribution in [2.45, 2.75) is 45.4 Å². The molecule has 0 bridgehead atoms. The maximum absolute atomic E-state index is 16.1. The predicted molar refractivity (Wildman–Crippen MR) is 142 cm³/mol. The number of ether oxygens (including phenoxy) is 1. The summed E-state index contributed by atoms with van der Waals surface area (Å²) in [6.07, 6.45) is 1.26. The zero-order valence-corrected chi connectivity index (χ0v) is 22.3. The first kappa shape index (κ1) is 27.5. The van der Waals surface area contributed by atoms with Crippen molar-refractivity contribution in [2.24, 2.45) is 0 Å². The van der Waals surface area contributed by atoms with E-state index in [1.807, 2.05) is 18.7 Å². The molecule has 1 aliphatic rings. The number of phenolic OH excluding ortho intramolecular Hbond substituents is 1. The highest BCUT2D eigenvalue weighted by atomic mass is 35.5. The number of hydrogen-bond acceptors (Lipinski definition) is 7. The number of piperazine rings is 1. The van der Waals surface area contributed by atoms with E-state index >= 15 is 4.39 Å². The van der Waals surface area contributed by atoms with Crippen LogP contribution >= 0.6 is 11.6 Å². The summed E-state index contributed by atoms with van der Waals surface area (Å²) >= 11 is 6.49. The number of halogens is 3. The van der Waals surface area contributed by atoms with E-state index in [-0.39, 0.29) is 52.1 Å². The Labute approximate surface area is 224 Å².